The van der Waals surface area contributed by atoms with E-state index in [4.69, 9.17) is 4.98 Å². The van der Waals surface area contributed by atoms with Gasteiger partial charge in [0.25, 0.3) is 0 Å². The summed E-state index contributed by atoms with van der Waals surface area (Å²) in [5.41, 5.74) is 5.39. The largest absolute Gasteiger partial charge is 0.357 e. The normalized spacial score (nSPS) is 19.8. The van der Waals surface area contributed by atoms with Crippen LogP contribution in [-0.4, -0.2) is 39.5 Å². The van der Waals surface area contributed by atoms with Crippen molar-refractivity contribution in [3.05, 3.63) is 47.8 Å². The molecule has 0 amide bonds. The number of nitrogens with one attached hydrogen (secondary N) is 1. The maximum atomic E-state index is 14.1. The molecule has 0 radical (unpaired) electrons. The second-order valence-corrected chi connectivity index (χ2v) is 13.5. The summed E-state index contributed by atoms with van der Waals surface area (Å²) in [4.78, 5) is 21.3. The Morgan fingerprint density at radius 1 is 1.03 bits per heavy atom. The Bertz CT molecular complexity index is 1290. The van der Waals surface area contributed by atoms with Crippen LogP contribution in [-0.2, 0) is 0 Å². The third-order valence-corrected chi connectivity index (χ3v) is 8.49. The Kier molecular flexibility index (Phi) is 7.19. The topological polar surface area (TPSA) is 50.2 Å². The molecule has 0 atom stereocenters. The van der Waals surface area contributed by atoms with E-state index in [1.165, 1.54) is 24.8 Å². The lowest BCUT2D eigenvalue weighted by atomic mass is 9.73. The van der Waals surface area contributed by atoms with E-state index < -0.39 is 0 Å². The van der Waals surface area contributed by atoms with Crippen molar-refractivity contribution in [1.82, 2.24) is 14.9 Å². The minimum atomic E-state index is 0.0303. The Balaban J connectivity index is 1.52. The van der Waals surface area contributed by atoms with Crippen LogP contribution in [0, 0.1) is 12.8 Å². The van der Waals surface area contributed by atoms with Crippen LogP contribution in [0.1, 0.15) is 102 Å². The van der Waals surface area contributed by atoms with E-state index in [-0.39, 0.29) is 16.9 Å². The summed E-state index contributed by atoms with van der Waals surface area (Å²) >= 11 is 0. The van der Waals surface area contributed by atoms with Gasteiger partial charge in [-0.2, -0.15) is 0 Å². The molecule has 5 heteroatoms. The van der Waals surface area contributed by atoms with Crippen molar-refractivity contribution < 1.29 is 4.79 Å². The van der Waals surface area contributed by atoms with Gasteiger partial charge in [0.2, 0.25) is 0 Å². The fourth-order valence-corrected chi connectivity index (χ4v) is 7.32. The Morgan fingerprint density at radius 3 is 2.32 bits per heavy atom. The number of piperidine rings is 2. The maximum absolute atomic E-state index is 14.1. The van der Waals surface area contributed by atoms with Crippen molar-refractivity contribution in [2.45, 2.75) is 104 Å². The lowest BCUT2D eigenvalue weighted by Crippen LogP contribution is -2.57. The molecule has 0 bridgehead atoms. The van der Waals surface area contributed by atoms with Gasteiger partial charge in [-0.05, 0) is 122 Å². The smallest absolute Gasteiger partial charge is 0.163 e. The van der Waals surface area contributed by atoms with Gasteiger partial charge in [-0.3, -0.25) is 4.79 Å². The quantitative estimate of drug-likeness (QED) is 0.342. The van der Waals surface area contributed by atoms with Crippen LogP contribution in [0.2, 0.25) is 0 Å². The third-order valence-electron chi connectivity index (χ3n) is 8.49. The number of hydrogen-bond acceptors (Lipinski definition) is 4. The minimum Gasteiger partial charge on any atom is -0.357 e. The molecule has 0 spiro atoms. The van der Waals surface area contributed by atoms with Crippen LogP contribution in [0.3, 0.4) is 0 Å². The first kappa shape index (κ1) is 26.9. The molecule has 5 nitrogen and oxygen atoms in total. The number of aryl methyl sites for hydroxylation is 1. The highest BCUT2D eigenvalue weighted by atomic mass is 16.1. The van der Waals surface area contributed by atoms with E-state index in [2.05, 4.69) is 93.7 Å². The first-order valence-electron chi connectivity index (χ1n) is 14.6. The molecule has 1 N–H and O–H groups in total. The Labute approximate surface area is 229 Å². The average molecular weight is 515 g/mol. The molecule has 204 valence electrons. The van der Waals surface area contributed by atoms with E-state index >= 15 is 0 Å². The van der Waals surface area contributed by atoms with Crippen molar-refractivity contribution in [2.75, 3.05) is 18.0 Å². The molecule has 3 aromatic rings. The number of ketones is 1. The van der Waals surface area contributed by atoms with E-state index in [1.54, 1.807) is 0 Å². The number of aromatic nitrogens is 2. The number of anilines is 1. The maximum Gasteiger partial charge on any atom is 0.163 e. The summed E-state index contributed by atoms with van der Waals surface area (Å²) in [6.07, 6.45) is 10.6. The third kappa shape index (κ3) is 5.54. The highest BCUT2D eigenvalue weighted by molar-refractivity contribution is 6.10. The van der Waals surface area contributed by atoms with Crippen molar-refractivity contribution in [3.63, 3.8) is 0 Å². The fraction of sp³-hybridized carbons (Fsp3) is 0.576. The molecule has 2 aliphatic heterocycles. The summed E-state index contributed by atoms with van der Waals surface area (Å²) in [6.45, 7) is 17.8. The van der Waals surface area contributed by atoms with E-state index in [9.17, 15) is 4.79 Å². The molecular weight excluding hydrogens is 468 g/mol. The standard InChI is InChI=1S/C33H46N4O/c1-22(2)37-21-23(3)31-27(29(38)15-24-18-32(4,5)35-33(6,7)19-24)16-26(17-28(31)37)25-11-12-30(34-20-25)36-13-9-8-10-14-36/h11-12,16-17,20-22,24,35H,8-10,13-15,18-19H2,1-7H3. The number of Topliss-reactive ketones (excluding diaryl/α,β-unsaturated/α-hetero) is 1. The van der Waals surface area contributed by atoms with Gasteiger partial charge >= 0.3 is 0 Å². The zero-order valence-corrected chi connectivity index (χ0v) is 24.5. The van der Waals surface area contributed by atoms with Crippen LogP contribution in [0.5, 0.6) is 0 Å². The fourth-order valence-electron chi connectivity index (χ4n) is 7.32. The van der Waals surface area contributed by atoms with Gasteiger partial charge in [-0.1, -0.05) is 0 Å². The monoisotopic (exact) mass is 514 g/mol. The number of carbonyl (C=O) groups excluding carboxylic acids is 1. The summed E-state index contributed by atoms with van der Waals surface area (Å²) in [6, 6.07) is 9.04. The zero-order valence-electron chi connectivity index (χ0n) is 24.5. The summed E-state index contributed by atoms with van der Waals surface area (Å²) in [5, 5.41) is 4.87. The number of pyridine rings is 1. The zero-order chi connectivity index (χ0) is 27.2. The van der Waals surface area contributed by atoms with Gasteiger partial charge in [-0.15, -0.1) is 0 Å². The number of carbonyl (C=O) groups is 1. The first-order valence-corrected chi connectivity index (χ1v) is 14.6. The average Bonchev–Trinajstić information content (AvgIpc) is 3.19. The van der Waals surface area contributed by atoms with Crippen molar-refractivity contribution in [1.29, 1.82) is 0 Å². The SMILES string of the molecule is Cc1cn(C(C)C)c2cc(-c3ccc(N4CCCCC4)nc3)cc(C(=O)CC3CC(C)(C)NC(C)(C)C3)c12. The molecule has 2 saturated heterocycles. The first-order chi connectivity index (χ1) is 17.9. The summed E-state index contributed by atoms with van der Waals surface area (Å²) in [7, 11) is 0. The molecule has 2 aliphatic rings. The number of fused-ring (bicyclic) bond motifs is 1. The highest BCUT2D eigenvalue weighted by Crippen LogP contribution is 2.38. The van der Waals surface area contributed by atoms with Crippen molar-refractivity contribution >= 4 is 22.5 Å². The lowest BCUT2D eigenvalue weighted by molar-refractivity contribution is 0.0866. The second kappa shape index (κ2) is 10.1. The minimum absolute atomic E-state index is 0.0303. The van der Waals surface area contributed by atoms with Crippen molar-refractivity contribution in [3.8, 4) is 11.1 Å². The van der Waals surface area contributed by atoms with Crippen LogP contribution in [0.4, 0.5) is 5.82 Å². The molecule has 2 fully saturated rings. The molecule has 5 rings (SSSR count). The van der Waals surface area contributed by atoms with Crippen LogP contribution >= 0.6 is 0 Å². The molecule has 38 heavy (non-hydrogen) atoms. The predicted molar refractivity (Wildman–Crippen MR) is 159 cm³/mol. The van der Waals surface area contributed by atoms with Crippen molar-refractivity contribution in [2.24, 2.45) is 5.92 Å². The molecule has 0 aliphatic carbocycles. The van der Waals surface area contributed by atoms with Crippen LogP contribution in [0.15, 0.2) is 36.7 Å². The van der Waals surface area contributed by atoms with Crippen LogP contribution in [0.25, 0.3) is 22.0 Å². The van der Waals surface area contributed by atoms with Gasteiger partial charge in [0.05, 0.1) is 0 Å². The number of hydrogen-bond donors (Lipinski definition) is 1. The molecular formula is C33H46N4O. The predicted octanol–water partition coefficient (Wildman–Crippen LogP) is 7.71. The van der Waals surface area contributed by atoms with Gasteiger partial charge < -0.3 is 14.8 Å². The number of nitrogens with zero attached hydrogens (tertiary/aromatic N) is 3. The van der Waals surface area contributed by atoms with Gasteiger partial charge in [0.15, 0.2) is 5.78 Å². The Hall–Kier alpha value is -2.66. The molecule has 0 unspecified atom stereocenters. The number of rotatable bonds is 6. The second-order valence-electron chi connectivity index (χ2n) is 13.5. The molecule has 1 aromatic carbocycles. The summed E-state index contributed by atoms with van der Waals surface area (Å²) in [5.74, 6) is 1.69. The molecule has 4 heterocycles. The Morgan fingerprint density at radius 2 is 1.71 bits per heavy atom. The lowest BCUT2D eigenvalue weighted by Gasteiger charge is -2.46. The van der Waals surface area contributed by atoms with Gasteiger partial charge in [0, 0.05) is 71.1 Å². The highest BCUT2D eigenvalue weighted by Gasteiger charge is 2.38. The van der Waals surface area contributed by atoms with Crippen LogP contribution < -0.4 is 10.2 Å². The van der Waals surface area contributed by atoms with E-state index in [1.807, 2.05) is 6.20 Å². The van der Waals surface area contributed by atoms with E-state index in [0.717, 1.165) is 59.3 Å². The number of benzene rings is 1. The summed E-state index contributed by atoms with van der Waals surface area (Å²) < 4.78 is 2.32. The van der Waals surface area contributed by atoms with Gasteiger partial charge in [0.1, 0.15) is 5.82 Å². The van der Waals surface area contributed by atoms with E-state index in [0.29, 0.717) is 18.4 Å². The van der Waals surface area contributed by atoms with Gasteiger partial charge in [-0.25, -0.2) is 4.98 Å². The molecule has 0 saturated carbocycles. The molecule has 2 aromatic heterocycles.